The topological polar surface area (TPSA) is 38.3 Å². The molecular formula is C17H11Cl2NO2S2. The molecule has 0 atom stereocenters. The van der Waals surface area contributed by atoms with Crippen LogP contribution in [0, 0.1) is 0 Å². The third-order valence-corrected chi connectivity index (χ3v) is 4.96. The predicted octanol–water partition coefficient (Wildman–Crippen LogP) is 5.06. The summed E-state index contributed by atoms with van der Waals surface area (Å²) in [6.45, 7) is 0.329. The summed E-state index contributed by atoms with van der Waals surface area (Å²) in [6, 6.07) is 12.7. The molecule has 122 valence electrons. The molecule has 24 heavy (non-hydrogen) atoms. The smallest absolute Gasteiger partial charge is 0.263 e. The highest BCUT2D eigenvalue weighted by Gasteiger charge is 2.21. The maximum absolute atomic E-state index is 11.7. The monoisotopic (exact) mass is 395 g/mol. The Balaban J connectivity index is 1.73. The molecule has 7 heteroatoms. The fraction of sp³-hybridized carbons (Fsp3) is 0.0588. The molecule has 0 aliphatic carbocycles. The number of benzene rings is 2. The van der Waals surface area contributed by atoms with Crippen LogP contribution in [0.1, 0.15) is 11.1 Å². The lowest BCUT2D eigenvalue weighted by Gasteiger charge is -2.09. The SMILES string of the molecule is O=C1NC(=S)SC1=Cc1cccc(OCc2ccc(Cl)cc2Cl)c1. The van der Waals surface area contributed by atoms with Gasteiger partial charge in [0.15, 0.2) is 0 Å². The van der Waals surface area contributed by atoms with Crippen molar-refractivity contribution in [1.29, 1.82) is 0 Å². The van der Waals surface area contributed by atoms with Crippen LogP contribution in [0.25, 0.3) is 6.08 Å². The molecule has 0 bridgehead atoms. The molecule has 0 saturated carbocycles. The minimum absolute atomic E-state index is 0.177. The van der Waals surface area contributed by atoms with Crippen molar-refractivity contribution in [2.45, 2.75) is 6.61 Å². The normalized spacial score (nSPS) is 15.7. The van der Waals surface area contributed by atoms with Crippen molar-refractivity contribution < 1.29 is 9.53 Å². The fourth-order valence-corrected chi connectivity index (χ4v) is 3.57. The highest BCUT2D eigenvalue weighted by Crippen LogP contribution is 2.27. The second-order valence-electron chi connectivity index (χ2n) is 4.95. The van der Waals surface area contributed by atoms with Gasteiger partial charge in [0.1, 0.15) is 16.7 Å². The van der Waals surface area contributed by atoms with E-state index in [1.54, 1.807) is 18.2 Å². The highest BCUT2D eigenvalue weighted by molar-refractivity contribution is 8.26. The second-order valence-corrected chi connectivity index (χ2v) is 7.51. The molecule has 1 aliphatic rings. The first-order valence-electron chi connectivity index (χ1n) is 6.93. The predicted molar refractivity (Wildman–Crippen MR) is 104 cm³/mol. The van der Waals surface area contributed by atoms with E-state index in [2.05, 4.69) is 5.32 Å². The molecule has 1 saturated heterocycles. The van der Waals surface area contributed by atoms with Crippen LogP contribution in [0.3, 0.4) is 0 Å². The first-order chi connectivity index (χ1) is 11.5. The van der Waals surface area contributed by atoms with E-state index in [0.29, 0.717) is 31.6 Å². The number of amides is 1. The number of nitrogens with one attached hydrogen (secondary N) is 1. The van der Waals surface area contributed by atoms with Gasteiger partial charge >= 0.3 is 0 Å². The summed E-state index contributed by atoms with van der Waals surface area (Å²) in [5.74, 6) is 0.505. The molecule has 2 aromatic carbocycles. The summed E-state index contributed by atoms with van der Waals surface area (Å²) in [4.78, 5) is 12.3. The summed E-state index contributed by atoms with van der Waals surface area (Å²) in [5, 5.41) is 3.74. The molecule has 1 amide bonds. The van der Waals surface area contributed by atoms with Crippen LogP contribution in [0.5, 0.6) is 5.75 Å². The lowest BCUT2D eigenvalue weighted by atomic mass is 10.2. The number of hydrogen-bond donors (Lipinski definition) is 1. The Hall–Kier alpha value is -1.53. The number of hydrogen-bond acceptors (Lipinski definition) is 4. The van der Waals surface area contributed by atoms with Gasteiger partial charge in [-0.05, 0) is 35.9 Å². The Morgan fingerprint density at radius 3 is 2.75 bits per heavy atom. The molecule has 0 unspecified atom stereocenters. The van der Waals surface area contributed by atoms with Crippen molar-refractivity contribution in [2.75, 3.05) is 0 Å². The molecule has 2 aromatic rings. The number of carbonyl (C=O) groups is 1. The molecule has 0 spiro atoms. The standard InChI is InChI=1S/C17H11Cl2NO2S2/c18-12-5-4-11(14(19)8-12)9-22-13-3-1-2-10(6-13)7-15-16(21)20-17(23)24-15/h1-8H,9H2,(H,20,21,23). The Morgan fingerprint density at radius 1 is 1.21 bits per heavy atom. The van der Waals surface area contributed by atoms with E-state index < -0.39 is 0 Å². The number of rotatable bonds is 4. The lowest BCUT2D eigenvalue weighted by molar-refractivity contribution is -0.115. The van der Waals surface area contributed by atoms with Gasteiger partial charge in [-0.1, -0.05) is 65.4 Å². The lowest BCUT2D eigenvalue weighted by Crippen LogP contribution is -2.17. The van der Waals surface area contributed by atoms with E-state index in [1.807, 2.05) is 30.3 Å². The zero-order chi connectivity index (χ0) is 17.1. The van der Waals surface area contributed by atoms with E-state index >= 15 is 0 Å². The van der Waals surface area contributed by atoms with E-state index in [9.17, 15) is 4.79 Å². The maximum atomic E-state index is 11.7. The van der Waals surface area contributed by atoms with Crippen molar-refractivity contribution in [3.8, 4) is 5.75 Å². The van der Waals surface area contributed by atoms with Gasteiger partial charge in [0.05, 0.1) is 4.91 Å². The van der Waals surface area contributed by atoms with Gasteiger partial charge in [0.2, 0.25) is 0 Å². The molecule has 1 N–H and O–H groups in total. The van der Waals surface area contributed by atoms with Crippen molar-refractivity contribution >= 4 is 63.5 Å². The minimum atomic E-state index is -0.177. The summed E-state index contributed by atoms with van der Waals surface area (Å²) in [5.41, 5.74) is 1.71. The Labute approximate surface area is 159 Å². The number of carbonyl (C=O) groups excluding carboxylic acids is 1. The molecule has 1 aliphatic heterocycles. The molecular weight excluding hydrogens is 385 g/mol. The molecule has 3 nitrogen and oxygen atoms in total. The Bertz CT molecular complexity index is 852. The Kier molecular flexibility index (Phi) is 5.46. The first-order valence-corrected chi connectivity index (χ1v) is 8.91. The van der Waals surface area contributed by atoms with Crippen LogP contribution in [-0.4, -0.2) is 10.2 Å². The summed E-state index contributed by atoms with van der Waals surface area (Å²) >= 11 is 18.2. The van der Waals surface area contributed by atoms with Crippen LogP contribution in [0.15, 0.2) is 47.4 Å². The summed E-state index contributed by atoms with van der Waals surface area (Å²) in [6.07, 6.45) is 1.78. The molecule has 1 fully saturated rings. The van der Waals surface area contributed by atoms with E-state index in [4.69, 9.17) is 40.2 Å². The largest absolute Gasteiger partial charge is 0.489 e. The van der Waals surface area contributed by atoms with E-state index in [0.717, 1.165) is 11.1 Å². The van der Waals surface area contributed by atoms with Crippen LogP contribution >= 0.6 is 47.2 Å². The first kappa shape index (κ1) is 17.3. The van der Waals surface area contributed by atoms with Gasteiger partial charge in [-0.2, -0.15) is 0 Å². The van der Waals surface area contributed by atoms with E-state index in [1.165, 1.54) is 11.8 Å². The van der Waals surface area contributed by atoms with Gasteiger partial charge < -0.3 is 10.1 Å². The number of thioether (sulfide) groups is 1. The molecule has 0 aromatic heterocycles. The van der Waals surface area contributed by atoms with Gasteiger partial charge in [-0.25, -0.2) is 0 Å². The zero-order valence-electron chi connectivity index (χ0n) is 12.2. The summed E-state index contributed by atoms with van der Waals surface area (Å²) < 4.78 is 6.24. The van der Waals surface area contributed by atoms with E-state index in [-0.39, 0.29) is 5.91 Å². The number of ether oxygens (including phenoxy) is 1. The van der Waals surface area contributed by atoms with Crippen LogP contribution in [0.4, 0.5) is 0 Å². The molecule has 1 heterocycles. The summed E-state index contributed by atoms with van der Waals surface area (Å²) in [7, 11) is 0. The number of halogens is 2. The van der Waals surface area contributed by atoms with Crippen LogP contribution in [-0.2, 0) is 11.4 Å². The molecule has 3 rings (SSSR count). The fourth-order valence-electron chi connectivity index (χ4n) is 2.07. The highest BCUT2D eigenvalue weighted by atomic mass is 35.5. The van der Waals surface area contributed by atoms with Gasteiger partial charge in [-0.3, -0.25) is 4.79 Å². The van der Waals surface area contributed by atoms with Crippen molar-refractivity contribution in [3.63, 3.8) is 0 Å². The third kappa shape index (κ3) is 4.30. The quantitative estimate of drug-likeness (QED) is 0.579. The average Bonchev–Trinajstić information content (AvgIpc) is 2.84. The molecule has 0 radical (unpaired) electrons. The minimum Gasteiger partial charge on any atom is -0.489 e. The van der Waals surface area contributed by atoms with Crippen LogP contribution in [0.2, 0.25) is 10.0 Å². The van der Waals surface area contributed by atoms with Crippen molar-refractivity contribution in [3.05, 3.63) is 68.5 Å². The van der Waals surface area contributed by atoms with Crippen molar-refractivity contribution in [1.82, 2.24) is 5.32 Å². The van der Waals surface area contributed by atoms with Crippen molar-refractivity contribution in [2.24, 2.45) is 0 Å². The van der Waals surface area contributed by atoms with Crippen LogP contribution < -0.4 is 10.1 Å². The Morgan fingerprint density at radius 2 is 2.04 bits per heavy atom. The van der Waals surface area contributed by atoms with Gasteiger partial charge in [0, 0.05) is 15.6 Å². The average molecular weight is 396 g/mol. The second kappa shape index (κ2) is 7.57. The maximum Gasteiger partial charge on any atom is 0.263 e. The van der Waals surface area contributed by atoms with Gasteiger partial charge in [0.25, 0.3) is 5.91 Å². The third-order valence-electron chi connectivity index (χ3n) is 3.21. The van der Waals surface area contributed by atoms with Gasteiger partial charge in [-0.15, -0.1) is 0 Å². The zero-order valence-corrected chi connectivity index (χ0v) is 15.4. The number of thiocarbonyl (C=S) groups is 1.